The van der Waals surface area contributed by atoms with Crippen molar-refractivity contribution in [3.63, 3.8) is 0 Å². The summed E-state index contributed by atoms with van der Waals surface area (Å²) in [5, 5.41) is 12.7. The fourth-order valence-corrected chi connectivity index (χ4v) is 9.02. The van der Waals surface area contributed by atoms with Crippen LogP contribution in [0.5, 0.6) is 11.5 Å². The highest BCUT2D eigenvalue weighted by Gasteiger charge is 2.51. The van der Waals surface area contributed by atoms with Gasteiger partial charge in [0.2, 0.25) is 0 Å². The molecule has 2 heterocycles. The number of methoxy groups -OCH3 is 3. The minimum absolute atomic E-state index is 0.00219. The predicted molar refractivity (Wildman–Crippen MR) is 218 cm³/mol. The van der Waals surface area contributed by atoms with Gasteiger partial charge in [0.05, 0.1) is 39.9 Å². The second-order valence-electron chi connectivity index (χ2n) is 14.6. The summed E-state index contributed by atoms with van der Waals surface area (Å²) >= 11 is 0. The number of aromatic nitrogens is 2. The Morgan fingerprint density at radius 3 is 2.00 bits per heavy atom. The van der Waals surface area contributed by atoms with Crippen molar-refractivity contribution < 1.29 is 32.7 Å². The lowest BCUT2D eigenvalue weighted by atomic mass is 9.80. The highest BCUT2D eigenvalue weighted by atomic mass is 31.2. The van der Waals surface area contributed by atoms with Gasteiger partial charge in [-0.15, -0.1) is 0 Å². The molecule has 0 bridgehead atoms. The zero-order valence-electron chi connectivity index (χ0n) is 33.7. The molecule has 6 rings (SSSR count). The van der Waals surface area contributed by atoms with Crippen molar-refractivity contribution in [1.82, 2.24) is 14.2 Å². The molecule has 1 saturated heterocycles. The van der Waals surface area contributed by atoms with Gasteiger partial charge < -0.3 is 38.0 Å². The molecule has 0 radical (unpaired) electrons. The first-order valence-electron chi connectivity index (χ1n) is 19.4. The smallest absolute Gasteiger partial charge is 0.351 e. The molecular weight excluding hydrogens is 745 g/mol. The van der Waals surface area contributed by atoms with Gasteiger partial charge in [0.1, 0.15) is 41.2 Å². The van der Waals surface area contributed by atoms with Crippen LogP contribution < -0.4 is 20.5 Å². The average Bonchev–Trinajstić information content (AvgIpc) is 3.97. The number of anilines is 1. The summed E-state index contributed by atoms with van der Waals surface area (Å²) < 4.78 is 48.4. The van der Waals surface area contributed by atoms with E-state index >= 15 is 0 Å². The van der Waals surface area contributed by atoms with Crippen LogP contribution in [0.1, 0.15) is 69.9 Å². The maximum Gasteiger partial charge on any atom is 0.351 e. The molecule has 2 aliphatic rings. The van der Waals surface area contributed by atoms with E-state index in [1.54, 1.807) is 33.6 Å². The van der Waals surface area contributed by atoms with Gasteiger partial charge in [0.15, 0.2) is 6.23 Å². The molecule has 3 aromatic carbocycles. The van der Waals surface area contributed by atoms with E-state index in [1.165, 1.54) is 4.57 Å². The zero-order valence-corrected chi connectivity index (χ0v) is 34.6. The Morgan fingerprint density at radius 2 is 1.49 bits per heavy atom. The van der Waals surface area contributed by atoms with Gasteiger partial charge in [-0.3, -0.25) is 4.57 Å². The van der Waals surface area contributed by atoms with Crippen LogP contribution >= 0.6 is 8.53 Å². The third-order valence-electron chi connectivity index (χ3n) is 10.1. The van der Waals surface area contributed by atoms with Gasteiger partial charge in [-0.1, -0.05) is 54.6 Å². The Hall–Kier alpha value is -4.38. The van der Waals surface area contributed by atoms with Crippen molar-refractivity contribution in [2.75, 3.05) is 39.9 Å². The van der Waals surface area contributed by atoms with E-state index in [0.717, 1.165) is 29.5 Å². The van der Waals surface area contributed by atoms with Crippen LogP contribution in [0, 0.1) is 11.3 Å². The third kappa shape index (κ3) is 9.67. The maximum absolute atomic E-state index is 13.7. The SMILES string of the molecule is COc1ccc(C(OC[C@H]2O[C@@H](n3ccc(NC4CC4)nc3=O)[C@H](OC)[C@@H]2OP(OCCC#N)N(C(C)C)C(C)C)(c2ccccc2)c2ccc(OC)cc2)cc1. The lowest BCUT2D eigenvalue weighted by Crippen LogP contribution is -2.43. The van der Waals surface area contributed by atoms with Crippen molar-refractivity contribution in [2.45, 2.75) is 95.2 Å². The molecule has 0 amide bonds. The number of hydrogen-bond acceptors (Lipinski definition) is 12. The second-order valence-corrected chi connectivity index (χ2v) is 16.0. The summed E-state index contributed by atoms with van der Waals surface area (Å²) in [6, 6.07) is 30.0. The Kier molecular flexibility index (Phi) is 14.4. The topological polar surface area (TPSA) is 139 Å². The molecule has 13 nitrogen and oxygen atoms in total. The number of ether oxygens (including phenoxy) is 5. The summed E-state index contributed by atoms with van der Waals surface area (Å²) in [4.78, 5) is 18.0. The first-order chi connectivity index (χ1) is 27.6. The molecule has 1 saturated carbocycles. The van der Waals surface area contributed by atoms with Gasteiger partial charge in [0, 0.05) is 31.4 Å². The predicted octanol–water partition coefficient (Wildman–Crippen LogP) is 7.42. The molecule has 5 atom stereocenters. The summed E-state index contributed by atoms with van der Waals surface area (Å²) in [6.45, 7) is 8.50. The van der Waals surface area contributed by atoms with Crippen LogP contribution in [0.15, 0.2) is 95.9 Å². The molecule has 1 aliphatic carbocycles. The van der Waals surface area contributed by atoms with Crippen LogP contribution in [0.4, 0.5) is 5.82 Å². The molecule has 0 spiro atoms. The Morgan fingerprint density at radius 1 is 0.895 bits per heavy atom. The van der Waals surface area contributed by atoms with Gasteiger partial charge in [-0.25, -0.2) is 9.46 Å². The van der Waals surface area contributed by atoms with Crippen molar-refractivity contribution in [2.24, 2.45) is 0 Å². The number of nitriles is 1. The van der Waals surface area contributed by atoms with Crippen LogP contribution in [0.25, 0.3) is 0 Å². The monoisotopic (exact) mass is 799 g/mol. The number of benzene rings is 3. The summed E-state index contributed by atoms with van der Waals surface area (Å²) in [5.74, 6) is 1.93. The molecule has 304 valence electrons. The number of nitrogens with one attached hydrogen (secondary N) is 1. The maximum atomic E-state index is 13.7. The molecule has 1 unspecified atom stereocenters. The van der Waals surface area contributed by atoms with Crippen LogP contribution in [-0.2, 0) is 28.9 Å². The van der Waals surface area contributed by atoms with E-state index in [0.29, 0.717) is 23.4 Å². The summed E-state index contributed by atoms with van der Waals surface area (Å²) in [5.41, 5.74) is 0.937. The normalized spacial score (nSPS) is 20.2. The van der Waals surface area contributed by atoms with Crippen LogP contribution in [0.2, 0.25) is 0 Å². The molecule has 57 heavy (non-hydrogen) atoms. The molecule has 1 aliphatic heterocycles. The second kappa shape index (κ2) is 19.4. The largest absolute Gasteiger partial charge is 0.497 e. The van der Waals surface area contributed by atoms with Gasteiger partial charge >= 0.3 is 5.69 Å². The van der Waals surface area contributed by atoms with E-state index in [9.17, 15) is 10.1 Å². The van der Waals surface area contributed by atoms with E-state index < -0.39 is 44.4 Å². The minimum Gasteiger partial charge on any atom is -0.497 e. The minimum atomic E-state index is -1.74. The van der Waals surface area contributed by atoms with Gasteiger partial charge in [-0.05, 0) is 87.6 Å². The highest BCUT2D eigenvalue weighted by Crippen LogP contribution is 2.51. The summed E-state index contributed by atoms with van der Waals surface area (Å²) in [7, 11) is 3.10. The molecular formula is C43H54N5O8P. The van der Waals surface area contributed by atoms with Gasteiger partial charge in [-0.2, -0.15) is 10.2 Å². The quantitative estimate of drug-likeness (QED) is 0.0541. The number of nitrogens with zero attached hydrogens (tertiary/aromatic N) is 4. The average molecular weight is 800 g/mol. The Balaban J connectivity index is 1.45. The van der Waals surface area contributed by atoms with Crippen molar-refractivity contribution in [3.8, 4) is 17.6 Å². The van der Waals surface area contributed by atoms with Crippen molar-refractivity contribution in [3.05, 3.63) is 118 Å². The molecule has 1 aromatic heterocycles. The Bertz CT molecular complexity index is 1920. The van der Waals surface area contributed by atoms with Gasteiger partial charge in [0.25, 0.3) is 8.53 Å². The molecule has 1 N–H and O–H groups in total. The van der Waals surface area contributed by atoms with Crippen LogP contribution in [-0.4, -0.2) is 85.2 Å². The first kappa shape index (κ1) is 42.2. The summed E-state index contributed by atoms with van der Waals surface area (Å²) in [6.07, 6.45) is 0.708. The van der Waals surface area contributed by atoms with Crippen LogP contribution in [0.3, 0.4) is 0 Å². The Labute approximate surface area is 336 Å². The van der Waals surface area contributed by atoms with E-state index in [-0.39, 0.29) is 31.7 Å². The number of rotatable bonds is 20. The van der Waals surface area contributed by atoms with E-state index in [4.69, 9.17) is 32.7 Å². The lowest BCUT2D eigenvalue weighted by molar-refractivity contribution is -0.0957. The fraction of sp³-hybridized carbons (Fsp3) is 0.465. The van der Waals surface area contributed by atoms with Crippen molar-refractivity contribution >= 4 is 14.3 Å². The van der Waals surface area contributed by atoms with Crippen molar-refractivity contribution in [1.29, 1.82) is 5.26 Å². The lowest BCUT2D eigenvalue weighted by Gasteiger charge is -2.39. The molecule has 4 aromatic rings. The molecule has 2 fully saturated rings. The fourth-order valence-electron chi connectivity index (χ4n) is 7.25. The van der Waals surface area contributed by atoms with E-state index in [1.807, 2.05) is 78.9 Å². The standard InChI is InChI=1S/C43H54N5O8P/c1-29(2)48(30(3)4)57(54-27-11-25-44)56-39-37(55-41(40(39)52-7)47-26-24-38(46-42(47)49)45-34-18-19-34)28-53-43(31-12-9-8-10-13-31,32-14-20-35(50-5)21-15-32)33-16-22-36(51-6)23-17-33/h8-10,12-17,20-24,26,29-30,34,37,39-41H,11,18-19,27-28H2,1-7H3,(H,45,46,49)/t37-,39-,40-,41-,57?/m1/s1. The first-order valence-corrected chi connectivity index (χ1v) is 20.5. The molecule has 14 heteroatoms. The zero-order chi connectivity index (χ0) is 40.5. The number of hydrogen-bond donors (Lipinski definition) is 1. The highest BCUT2D eigenvalue weighted by molar-refractivity contribution is 7.44. The van der Waals surface area contributed by atoms with E-state index in [2.05, 4.69) is 48.7 Å². The third-order valence-corrected chi connectivity index (χ3v) is 12.2.